The minimum atomic E-state index is 0.216. The highest BCUT2D eigenvalue weighted by Gasteiger charge is 2.27. The topological polar surface area (TPSA) is 52.2 Å². The number of fused-ring (bicyclic) bond motifs is 2. The summed E-state index contributed by atoms with van der Waals surface area (Å²) in [6, 6.07) is 11.0. The van der Waals surface area contributed by atoms with Crippen molar-refractivity contribution in [3.63, 3.8) is 0 Å². The molecule has 1 fully saturated rings. The first kappa shape index (κ1) is 23.7. The van der Waals surface area contributed by atoms with E-state index in [1.54, 1.807) is 5.56 Å². The van der Waals surface area contributed by atoms with Crippen LogP contribution in [-0.4, -0.2) is 50.8 Å². The summed E-state index contributed by atoms with van der Waals surface area (Å²) in [7, 11) is 3.75. The number of piperazine rings is 1. The van der Waals surface area contributed by atoms with Crippen LogP contribution in [0.3, 0.4) is 0 Å². The molecule has 1 saturated heterocycles. The Morgan fingerprint density at radius 2 is 1.74 bits per heavy atom. The van der Waals surface area contributed by atoms with Gasteiger partial charge in [0.25, 0.3) is 0 Å². The number of nitrogens with one attached hydrogen (secondary N) is 3. The minimum Gasteiger partial charge on any atom is -0.368 e. The van der Waals surface area contributed by atoms with Crippen LogP contribution >= 0.6 is 0 Å². The quantitative estimate of drug-likeness (QED) is 0.657. The second-order valence-electron chi connectivity index (χ2n) is 9.39. The Hall–Kier alpha value is -1.95. The molecule has 0 radical (unpaired) electrons. The van der Waals surface area contributed by atoms with E-state index in [-0.39, 0.29) is 5.54 Å². The maximum absolute atomic E-state index is 4.32. The summed E-state index contributed by atoms with van der Waals surface area (Å²) >= 11 is 0. The van der Waals surface area contributed by atoms with Crippen LogP contribution in [0.5, 0.6) is 0 Å². The maximum atomic E-state index is 4.32. The number of rotatable bonds is 1. The van der Waals surface area contributed by atoms with E-state index < -0.39 is 0 Å². The fraction of sp³-hybridized carbons (Fsp3) is 0.577. The van der Waals surface area contributed by atoms with Gasteiger partial charge in [-0.1, -0.05) is 18.2 Å². The first-order valence-corrected chi connectivity index (χ1v) is 11.9. The summed E-state index contributed by atoms with van der Waals surface area (Å²) in [6.45, 7) is 10.0. The van der Waals surface area contributed by atoms with Crippen LogP contribution in [0.4, 0.5) is 5.69 Å². The lowest BCUT2D eigenvalue weighted by molar-refractivity contribution is 0.352. The van der Waals surface area contributed by atoms with E-state index in [2.05, 4.69) is 63.9 Å². The molecule has 2 aliphatic heterocycles. The van der Waals surface area contributed by atoms with Crippen molar-refractivity contribution in [1.29, 1.82) is 0 Å². The SMILES string of the molecule is CC1(C)CN(c2cccc3c2CCNC3)CCN1.CNC.c1cnc2c(c1)CCCC2. The van der Waals surface area contributed by atoms with Crippen molar-refractivity contribution >= 4 is 5.69 Å². The molecule has 0 bridgehead atoms. The molecular formula is C26H41N5. The lowest BCUT2D eigenvalue weighted by Crippen LogP contribution is -2.57. The normalized spacial score (nSPS) is 19.0. The van der Waals surface area contributed by atoms with Crippen molar-refractivity contribution in [2.45, 2.75) is 58.0 Å². The summed E-state index contributed by atoms with van der Waals surface area (Å²) in [5, 5.41) is 9.79. The van der Waals surface area contributed by atoms with E-state index in [1.807, 2.05) is 26.4 Å². The second-order valence-corrected chi connectivity index (χ2v) is 9.39. The summed E-state index contributed by atoms with van der Waals surface area (Å²) in [6.07, 6.45) is 8.15. The van der Waals surface area contributed by atoms with Gasteiger partial charge >= 0.3 is 0 Å². The lowest BCUT2D eigenvalue weighted by atomic mass is 9.96. The van der Waals surface area contributed by atoms with Crippen LogP contribution in [0, 0.1) is 0 Å². The minimum absolute atomic E-state index is 0.216. The van der Waals surface area contributed by atoms with E-state index in [0.29, 0.717) is 0 Å². The van der Waals surface area contributed by atoms with Gasteiger partial charge in [0.1, 0.15) is 0 Å². The van der Waals surface area contributed by atoms with Gasteiger partial charge in [-0.05, 0) is 95.4 Å². The molecule has 2 aromatic rings. The van der Waals surface area contributed by atoms with Crippen LogP contribution < -0.4 is 20.9 Å². The highest BCUT2D eigenvalue weighted by Crippen LogP contribution is 2.28. The molecule has 0 unspecified atom stereocenters. The molecule has 0 saturated carbocycles. The third kappa shape index (κ3) is 6.76. The molecule has 170 valence electrons. The van der Waals surface area contributed by atoms with Gasteiger partial charge in [-0.3, -0.25) is 4.98 Å². The number of hydrogen-bond donors (Lipinski definition) is 3. The number of anilines is 1. The van der Waals surface area contributed by atoms with Crippen LogP contribution in [0.2, 0.25) is 0 Å². The molecule has 0 atom stereocenters. The van der Waals surface area contributed by atoms with E-state index in [4.69, 9.17) is 0 Å². The van der Waals surface area contributed by atoms with Crippen molar-refractivity contribution in [3.8, 4) is 0 Å². The number of hydrogen-bond acceptors (Lipinski definition) is 5. The zero-order valence-electron chi connectivity index (χ0n) is 19.9. The van der Waals surface area contributed by atoms with Gasteiger partial charge in [0.15, 0.2) is 0 Å². The predicted molar refractivity (Wildman–Crippen MR) is 132 cm³/mol. The van der Waals surface area contributed by atoms with Crippen LogP contribution in [0.1, 0.15) is 49.1 Å². The lowest BCUT2D eigenvalue weighted by Gasteiger charge is -2.41. The molecule has 0 amide bonds. The van der Waals surface area contributed by atoms with Gasteiger partial charge in [0, 0.05) is 49.3 Å². The Bertz CT molecular complexity index is 792. The van der Waals surface area contributed by atoms with E-state index in [9.17, 15) is 0 Å². The second kappa shape index (κ2) is 11.6. The Morgan fingerprint density at radius 3 is 2.52 bits per heavy atom. The molecule has 5 heteroatoms. The molecule has 5 rings (SSSR count). The van der Waals surface area contributed by atoms with Crippen molar-refractivity contribution in [2.75, 3.05) is 45.2 Å². The average Bonchev–Trinajstić information content (AvgIpc) is 2.79. The fourth-order valence-electron chi connectivity index (χ4n) is 4.69. The van der Waals surface area contributed by atoms with Gasteiger partial charge in [-0.25, -0.2) is 0 Å². The Kier molecular flexibility index (Phi) is 8.88. The van der Waals surface area contributed by atoms with Crippen molar-refractivity contribution in [3.05, 3.63) is 58.9 Å². The Balaban J connectivity index is 0.000000176. The highest BCUT2D eigenvalue weighted by atomic mass is 15.2. The molecule has 5 nitrogen and oxygen atoms in total. The zero-order chi connectivity index (χ0) is 22.1. The molecule has 3 N–H and O–H groups in total. The largest absolute Gasteiger partial charge is 0.368 e. The summed E-state index contributed by atoms with van der Waals surface area (Å²) < 4.78 is 0. The summed E-state index contributed by atoms with van der Waals surface area (Å²) in [5.74, 6) is 0. The van der Waals surface area contributed by atoms with Crippen LogP contribution in [0.25, 0.3) is 0 Å². The van der Waals surface area contributed by atoms with Gasteiger partial charge in [-0.15, -0.1) is 0 Å². The monoisotopic (exact) mass is 423 g/mol. The number of nitrogens with zero attached hydrogens (tertiary/aromatic N) is 2. The average molecular weight is 424 g/mol. The fourth-order valence-corrected chi connectivity index (χ4v) is 4.69. The Morgan fingerprint density at radius 1 is 0.968 bits per heavy atom. The van der Waals surface area contributed by atoms with E-state index in [0.717, 1.165) is 39.1 Å². The van der Waals surface area contributed by atoms with E-state index >= 15 is 0 Å². The van der Waals surface area contributed by atoms with Gasteiger partial charge in [0.2, 0.25) is 0 Å². The molecule has 3 aliphatic rings. The van der Waals surface area contributed by atoms with Gasteiger partial charge in [0.05, 0.1) is 0 Å². The predicted octanol–water partition coefficient (Wildman–Crippen LogP) is 3.32. The smallest absolute Gasteiger partial charge is 0.0435 e. The first-order chi connectivity index (χ1) is 15.0. The van der Waals surface area contributed by atoms with Gasteiger partial charge < -0.3 is 20.9 Å². The number of aromatic nitrogens is 1. The Labute approximate surface area is 189 Å². The molecule has 31 heavy (non-hydrogen) atoms. The van der Waals surface area contributed by atoms with Gasteiger partial charge in [-0.2, -0.15) is 0 Å². The number of aryl methyl sites for hydroxylation is 2. The maximum Gasteiger partial charge on any atom is 0.0435 e. The standard InChI is InChI=1S/C15H23N3.C9H11N.C2H7N/c1-15(2)11-18(9-8-17-15)14-5-3-4-12-10-16-7-6-13(12)14;1-2-6-9-8(4-1)5-3-7-10-9;1-3-2/h3-5,16-17H,6-11H2,1-2H3;3,5,7H,1-2,4,6H2;3H,1-2H3. The molecule has 1 aromatic carbocycles. The van der Waals surface area contributed by atoms with Crippen molar-refractivity contribution < 1.29 is 0 Å². The molecule has 3 heterocycles. The molecule has 1 aromatic heterocycles. The zero-order valence-corrected chi connectivity index (χ0v) is 19.9. The van der Waals surface area contributed by atoms with E-state index in [1.165, 1.54) is 48.2 Å². The third-order valence-corrected chi connectivity index (χ3v) is 6.12. The van der Waals surface area contributed by atoms with Crippen molar-refractivity contribution in [1.82, 2.24) is 20.9 Å². The van der Waals surface area contributed by atoms with Crippen LogP contribution in [0.15, 0.2) is 36.5 Å². The number of benzene rings is 1. The van der Waals surface area contributed by atoms with Crippen LogP contribution in [-0.2, 0) is 25.8 Å². The third-order valence-electron chi connectivity index (χ3n) is 6.12. The summed E-state index contributed by atoms with van der Waals surface area (Å²) in [5.41, 5.74) is 7.52. The van der Waals surface area contributed by atoms with Crippen molar-refractivity contribution in [2.24, 2.45) is 0 Å². The molecular weight excluding hydrogens is 382 g/mol. The highest BCUT2D eigenvalue weighted by molar-refractivity contribution is 5.58. The first-order valence-electron chi connectivity index (χ1n) is 11.9. The molecule has 1 aliphatic carbocycles. The molecule has 0 spiro atoms. The number of pyridine rings is 1. The summed E-state index contributed by atoms with van der Waals surface area (Å²) in [4.78, 5) is 6.88.